The fourth-order valence-corrected chi connectivity index (χ4v) is 2.96. The summed E-state index contributed by atoms with van der Waals surface area (Å²) in [7, 11) is 0. The van der Waals surface area contributed by atoms with Gasteiger partial charge in [-0.3, -0.25) is 4.79 Å². The largest absolute Gasteiger partial charge is 0.407 e. The Morgan fingerprint density at radius 3 is 2.44 bits per heavy atom. The minimum absolute atomic E-state index is 0.0188. The van der Waals surface area contributed by atoms with E-state index < -0.39 is 28.9 Å². The molecule has 0 aliphatic rings. The molecule has 2 aromatic carbocycles. The lowest BCUT2D eigenvalue weighted by Crippen LogP contribution is -2.42. The molecule has 0 radical (unpaired) electrons. The van der Waals surface area contributed by atoms with Gasteiger partial charge in [-0.15, -0.1) is 11.8 Å². The summed E-state index contributed by atoms with van der Waals surface area (Å²) in [5.74, 6) is -0.871. The number of hydrogen-bond acceptors (Lipinski definition) is 4. The molecule has 4 N–H and O–H groups in total. The van der Waals surface area contributed by atoms with E-state index in [1.165, 1.54) is 24.8 Å². The molecule has 2 rings (SSSR count). The van der Waals surface area contributed by atoms with Crippen molar-refractivity contribution in [2.45, 2.75) is 23.6 Å². The predicted octanol–water partition coefficient (Wildman–Crippen LogP) is 4.32. The van der Waals surface area contributed by atoms with E-state index in [0.717, 1.165) is 11.0 Å². The molecule has 1 atom stereocenters. The summed E-state index contributed by atoms with van der Waals surface area (Å²) in [4.78, 5) is 15.9. The Hall–Kier alpha value is -2.70. The number of thioether (sulfide) groups is 1. The highest BCUT2D eigenvalue weighted by molar-refractivity contribution is 7.99. The van der Waals surface area contributed by atoms with Crippen LogP contribution in [0.4, 0.5) is 30.2 Å². The molecule has 0 unspecified atom stereocenters. The van der Waals surface area contributed by atoms with Gasteiger partial charge in [0.15, 0.2) is 5.69 Å². The Morgan fingerprint density at radius 2 is 1.89 bits per heavy atom. The van der Waals surface area contributed by atoms with Gasteiger partial charge in [-0.1, -0.05) is 6.07 Å². The van der Waals surface area contributed by atoms with Crippen LogP contribution in [0.1, 0.15) is 12.5 Å². The van der Waals surface area contributed by atoms with Gasteiger partial charge in [0.25, 0.3) is 5.91 Å². The topological polar surface area (TPSA) is 79.7 Å². The molecule has 0 saturated carbocycles. The number of alkyl halides is 3. The number of aliphatic hydroxyl groups is 1. The van der Waals surface area contributed by atoms with Gasteiger partial charge in [-0.25, -0.2) is 4.85 Å². The third kappa shape index (κ3) is 5.39. The van der Waals surface area contributed by atoms with Crippen molar-refractivity contribution >= 4 is 34.7 Å². The van der Waals surface area contributed by atoms with Crippen molar-refractivity contribution in [2.24, 2.45) is 0 Å². The number of hydrogen-bond donors (Lipinski definition) is 3. The van der Waals surface area contributed by atoms with Crippen LogP contribution in [0.15, 0.2) is 47.4 Å². The molecule has 1 amide bonds. The standard InChI is InChI=1S/C18H16F3N3O2S/c1-17(26,10-27-13-6-3-11(22)4-7-13)16(25)24-12-5-8-15(23-2)14(9-12)18(19,20)21/h3-9,26H,10,22H2,1H3,(H,24,25)/t17-/m0/s1. The maximum Gasteiger partial charge on any atom is 0.407 e. The second-order valence-electron chi connectivity index (χ2n) is 5.93. The molecule has 27 heavy (non-hydrogen) atoms. The number of nitrogens with zero attached hydrogens (tertiary/aromatic N) is 1. The first-order valence-corrected chi connectivity index (χ1v) is 8.62. The molecule has 0 heterocycles. The second kappa shape index (κ2) is 7.90. The second-order valence-corrected chi connectivity index (χ2v) is 6.98. The zero-order valence-corrected chi connectivity index (χ0v) is 15.0. The van der Waals surface area contributed by atoms with Crippen LogP contribution in [0.25, 0.3) is 4.85 Å². The zero-order chi connectivity index (χ0) is 20.2. The Morgan fingerprint density at radius 1 is 1.26 bits per heavy atom. The van der Waals surface area contributed by atoms with E-state index >= 15 is 0 Å². The van der Waals surface area contributed by atoms with Gasteiger partial charge >= 0.3 is 6.18 Å². The van der Waals surface area contributed by atoms with E-state index in [0.29, 0.717) is 11.8 Å². The lowest BCUT2D eigenvalue weighted by molar-refractivity contribution is -0.137. The Kier molecular flexibility index (Phi) is 6.03. The summed E-state index contributed by atoms with van der Waals surface area (Å²) in [6.07, 6.45) is -4.73. The molecular formula is C18H16F3N3O2S. The van der Waals surface area contributed by atoms with E-state index in [1.54, 1.807) is 24.3 Å². The SMILES string of the molecule is [C-]#[N+]c1ccc(NC(=O)[C@@](C)(O)CSc2ccc(N)cc2)cc1C(F)(F)F. The number of carbonyl (C=O) groups is 1. The number of nitrogen functional groups attached to an aromatic ring is 1. The number of benzene rings is 2. The molecule has 0 aromatic heterocycles. The van der Waals surface area contributed by atoms with Crippen LogP contribution in [0.3, 0.4) is 0 Å². The molecule has 2 aromatic rings. The average molecular weight is 395 g/mol. The van der Waals surface area contributed by atoms with Gasteiger partial charge < -0.3 is 16.2 Å². The monoisotopic (exact) mass is 395 g/mol. The minimum Gasteiger partial charge on any atom is -0.399 e. The zero-order valence-electron chi connectivity index (χ0n) is 14.2. The number of anilines is 2. The van der Waals surface area contributed by atoms with Crippen LogP contribution < -0.4 is 11.1 Å². The lowest BCUT2D eigenvalue weighted by atomic mass is 10.1. The highest BCUT2D eigenvalue weighted by Crippen LogP contribution is 2.38. The fourth-order valence-electron chi connectivity index (χ4n) is 2.06. The smallest absolute Gasteiger partial charge is 0.399 e. The van der Waals surface area contributed by atoms with Gasteiger partial charge in [-0.2, -0.15) is 13.2 Å². The molecular weight excluding hydrogens is 379 g/mol. The summed E-state index contributed by atoms with van der Waals surface area (Å²) in [6.45, 7) is 8.08. The predicted molar refractivity (Wildman–Crippen MR) is 98.5 cm³/mol. The summed E-state index contributed by atoms with van der Waals surface area (Å²) in [5.41, 5.74) is 2.46. The molecule has 5 nitrogen and oxygen atoms in total. The maximum atomic E-state index is 13.0. The van der Waals surface area contributed by atoms with E-state index in [2.05, 4.69) is 10.2 Å². The van der Waals surface area contributed by atoms with Crippen molar-refractivity contribution in [3.63, 3.8) is 0 Å². The number of nitrogens with one attached hydrogen (secondary N) is 1. The third-order valence-corrected chi connectivity index (χ3v) is 4.88. The van der Waals surface area contributed by atoms with Gasteiger partial charge in [0.05, 0.1) is 12.1 Å². The van der Waals surface area contributed by atoms with E-state index in [1.807, 2.05) is 0 Å². The molecule has 0 aliphatic heterocycles. The Bertz CT molecular complexity index is 875. The molecule has 0 spiro atoms. The first kappa shape index (κ1) is 20.6. The normalized spacial score (nSPS) is 13.5. The van der Waals surface area contributed by atoms with Crippen LogP contribution in [-0.4, -0.2) is 22.4 Å². The molecule has 0 aliphatic carbocycles. The molecule has 0 saturated heterocycles. The number of carbonyl (C=O) groups excluding carboxylic acids is 1. The Labute approximate surface area is 158 Å². The van der Waals surface area contributed by atoms with Crippen molar-refractivity contribution in [1.29, 1.82) is 0 Å². The summed E-state index contributed by atoms with van der Waals surface area (Å²) >= 11 is 1.20. The number of amides is 1. The summed E-state index contributed by atoms with van der Waals surface area (Å²) < 4.78 is 39.0. The van der Waals surface area contributed by atoms with Crippen molar-refractivity contribution < 1.29 is 23.1 Å². The maximum absolute atomic E-state index is 13.0. The van der Waals surface area contributed by atoms with Crippen molar-refractivity contribution in [1.82, 2.24) is 0 Å². The van der Waals surface area contributed by atoms with E-state index in [9.17, 15) is 23.1 Å². The first-order valence-electron chi connectivity index (χ1n) is 7.64. The number of halogens is 3. The van der Waals surface area contributed by atoms with Gasteiger partial charge in [0.1, 0.15) is 5.60 Å². The first-order chi connectivity index (χ1) is 12.5. The highest BCUT2D eigenvalue weighted by Gasteiger charge is 2.35. The lowest BCUT2D eigenvalue weighted by Gasteiger charge is -2.22. The molecule has 0 fully saturated rings. The third-order valence-electron chi connectivity index (χ3n) is 3.57. The summed E-state index contributed by atoms with van der Waals surface area (Å²) in [5, 5.41) is 12.6. The van der Waals surface area contributed by atoms with Gasteiger partial charge in [0.2, 0.25) is 0 Å². The van der Waals surface area contributed by atoms with Crippen molar-refractivity contribution in [3.05, 3.63) is 59.4 Å². The van der Waals surface area contributed by atoms with Gasteiger partial charge in [-0.05, 0) is 43.3 Å². The molecule has 0 bridgehead atoms. The molecule has 142 valence electrons. The van der Waals surface area contributed by atoms with Gasteiger partial charge in [0, 0.05) is 22.0 Å². The van der Waals surface area contributed by atoms with E-state index in [4.69, 9.17) is 12.3 Å². The van der Waals surface area contributed by atoms with Crippen LogP contribution >= 0.6 is 11.8 Å². The minimum atomic E-state index is -4.73. The Balaban J connectivity index is 2.11. The van der Waals surface area contributed by atoms with Crippen LogP contribution in [0, 0.1) is 6.57 Å². The van der Waals surface area contributed by atoms with Crippen molar-refractivity contribution in [2.75, 3.05) is 16.8 Å². The van der Waals surface area contributed by atoms with Crippen molar-refractivity contribution in [3.8, 4) is 0 Å². The average Bonchev–Trinajstić information content (AvgIpc) is 2.60. The quantitative estimate of drug-likeness (QED) is 0.400. The summed E-state index contributed by atoms with van der Waals surface area (Å²) in [6, 6.07) is 9.64. The van der Waals surface area contributed by atoms with Crippen LogP contribution in [0.2, 0.25) is 0 Å². The van der Waals surface area contributed by atoms with Crippen LogP contribution in [-0.2, 0) is 11.0 Å². The number of rotatable bonds is 5. The highest BCUT2D eigenvalue weighted by atomic mass is 32.2. The van der Waals surface area contributed by atoms with Crippen LogP contribution in [0.5, 0.6) is 0 Å². The number of nitrogens with two attached hydrogens (primary N) is 1. The molecule has 9 heteroatoms. The fraction of sp³-hybridized carbons (Fsp3) is 0.222. The van der Waals surface area contributed by atoms with E-state index in [-0.39, 0.29) is 11.4 Å².